The number of carboxylic acid groups (broad SMARTS) is 1. The van der Waals surface area contributed by atoms with Crippen LogP contribution in [-0.4, -0.2) is 42.4 Å². The number of amides is 2. The Kier molecular flexibility index (Phi) is 5.45. The van der Waals surface area contributed by atoms with E-state index in [1.165, 1.54) is 12.8 Å². The van der Waals surface area contributed by atoms with Crippen LogP contribution in [0.25, 0.3) is 0 Å². The fourth-order valence-corrected chi connectivity index (χ4v) is 2.93. The molecule has 0 spiro atoms. The van der Waals surface area contributed by atoms with Gasteiger partial charge in [-0.25, -0.2) is 4.79 Å². The van der Waals surface area contributed by atoms with Crippen LogP contribution in [0.3, 0.4) is 0 Å². The Labute approximate surface area is 125 Å². The lowest BCUT2D eigenvalue weighted by atomic mass is 9.97. The van der Waals surface area contributed by atoms with E-state index < -0.39 is 11.9 Å². The number of ether oxygens (including phenoxy) is 1. The van der Waals surface area contributed by atoms with Crippen molar-refractivity contribution < 1.29 is 19.4 Å². The number of hydrogen-bond donors (Lipinski definition) is 3. The summed E-state index contributed by atoms with van der Waals surface area (Å²) in [5.74, 6) is -0.511. The first-order chi connectivity index (χ1) is 9.97. The quantitative estimate of drug-likeness (QED) is 0.666. The van der Waals surface area contributed by atoms with E-state index in [1.54, 1.807) is 0 Å². The molecule has 3 N–H and O–H groups in total. The van der Waals surface area contributed by atoms with E-state index in [9.17, 15) is 9.59 Å². The summed E-state index contributed by atoms with van der Waals surface area (Å²) < 4.78 is 5.67. The van der Waals surface area contributed by atoms with Crippen LogP contribution in [0, 0.1) is 17.8 Å². The number of carboxylic acids is 1. The van der Waals surface area contributed by atoms with E-state index in [0.29, 0.717) is 24.9 Å². The van der Waals surface area contributed by atoms with E-state index in [2.05, 4.69) is 10.6 Å². The lowest BCUT2D eigenvalue weighted by Crippen LogP contribution is -2.47. The maximum atomic E-state index is 11.9. The number of nitrogens with one attached hydrogen (secondary N) is 2. The number of rotatable bonds is 7. The minimum atomic E-state index is -0.857. The molecule has 0 aromatic carbocycles. The second-order valence-corrected chi connectivity index (χ2v) is 6.59. The number of aliphatic carboxylic acids is 1. The van der Waals surface area contributed by atoms with Crippen LogP contribution >= 0.6 is 0 Å². The lowest BCUT2D eigenvalue weighted by Gasteiger charge is -2.21. The minimum Gasteiger partial charge on any atom is -0.481 e. The number of urea groups is 1. The molecule has 1 aliphatic heterocycles. The van der Waals surface area contributed by atoms with Crippen molar-refractivity contribution in [2.45, 2.75) is 51.7 Å². The van der Waals surface area contributed by atoms with Gasteiger partial charge in [-0.15, -0.1) is 0 Å². The first-order valence-corrected chi connectivity index (χ1v) is 7.86. The smallest absolute Gasteiger partial charge is 0.315 e. The molecule has 0 aromatic heterocycles. The molecule has 2 fully saturated rings. The Balaban J connectivity index is 1.74. The molecular weight excluding hydrogens is 272 g/mol. The van der Waals surface area contributed by atoms with E-state index in [1.807, 2.05) is 13.8 Å². The highest BCUT2D eigenvalue weighted by atomic mass is 16.5. The molecule has 6 nitrogen and oxygen atoms in total. The molecule has 0 aromatic rings. The van der Waals surface area contributed by atoms with Crippen molar-refractivity contribution in [2.24, 2.45) is 17.8 Å². The van der Waals surface area contributed by atoms with E-state index in [4.69, 9.17) is 9.84 Å². The number of carbonyl (C=O) groups is 2. The molecule has 120 valence electrons. The van der Waals surface area contributed by atoms with Gasteiger partial charge in [0.05, 0.1) is 18.1 Å². The average molecular weight is 298 g/mol. The van der Waals surface area contributed by atoms with Gasteiger partial charge in [-0.3, -0.25) is 4.79 Å². The van der Waals surface area contributed by atoms with Crippen molar-refractivity contribution in [2.75, 3.05) is 13.2 Å². The van der Waals surface area contributed by atoms with E-state index in [-0.39, 0.29) is 24.7 Å². The van der Waals surface area contributed by atoms with Crippen molar-refractivity contribution in [3.63, 3.8) is 0 Å². The summed E-state index contributed by atoms with van der Waals surface area (Å²) in [7, 11) is 0. The third kappa shape index (κ3) is 4.88. The van der Waals surface area contributed by atoms with Gasteiger partial charge >= 0.3 is 12.0 Å². The van der Waals surface area contributed by atoms with Gasteiger partial charge in [-0.1, -0.05) is 13.8 Å². The molecule has 1 aliphatic carbocycles. The van der Waals surface area contributed by atoms with Gasteiger partial charge < -0.3 is 20.5 Å². The zero-order chi connectivity index (χ0) is 15.4. The molecule has 1 saturated heterocycles. The maximum absolute atomic E-state index is 11.9. The maximum Gasteiger partial charge on any atom is 0.315 e. The highest BCUT2D eigenvalue weighted by Crippen LogP contribution is 2.38. The van der Waals surface area contributed by atoms with Gasteiger partial charge in [-0.05, 0) is 37.5 Å². The molecule has 6 heteroatoms. The highest BCUT2D eigenvalue weighted by Gasteiger charge is 2.41. The second-order valence-electron chi connectivity index (χ2n) is 6.59. The second kappa shape index (κ2) is 7.11. The van der Waals surface area contributed by atoms with Gasteiger partial charge in [0.1, 0.15) is 0 Å². The predicted molar refractivity (Wildman–Crippen MR) is 78.0 cm³/mol. The van der Waals surface area contributed by atoms with Crippen LogP contribution in [0.2, 0.25) is 0 Å². The molecule has 3 atom stereocenters. The largest absolute Gasteiger partial charge is 0.481 e. The predicted octanol–water partition coefficient (Wildman–Crippen LogP) is 1.60. The third-order valence-corrected chi connectivity index (χ3v) is 4.15. The number of hydrogen-bond acceptors (Lipinski definition) is 3. The van der Waals surface area contributed by atoms with Crippen molar-refractivity contribution in [1.82, 2.24) is 10.6 Å². The summed E-state index contributed by atoms with van der Waals surface area (Å²) in [5, 5.41) is 14.8. The molecule has 1 heterocycles. The third-order valence-electron chi connectivity index (χ3n) is 4.15. The van der Waals surface area contributed by atoms with Crippen LogP contribution in [0.5, 0.6) is 0 Å². The lowest BCUT2D eigenvalue weighted by molar-refractivity contribution is -0.142. The van der Waals surface area contributed by atoms with Crippen LogP contribution in [0.15, 0.2) is 0 Å². The van der Waals surface area contributed by atoms with Gasteiger partial charge in [-0.2, -0.15) is 0 Å². The molecule has 0 bridgehead atoms. The zero-order valence-corrected chi connectivity index (χ0v) is 12.8. The first kappa shape index (κ1) is 16.1. The first-order valence-electron chi connectivity index (χ1n) is 7.86. The molecule has 1 saturated carbocycles. The average Bonchev–Trinajstić information content (AvgIpc) is 3.15. The summed E-state index contributed by atoms with van der Waals surface area (Å²) in [4.78, 5) is 23.1. The standard InChI is InChI=1S/C15H26N2O4/c1-9(2)7-11(14(18)19)8-16-15(20)17-12-5-6-21-13(12)10-3-4-10/h9-13H,3-8H2,1-2H3,(H,18,19)(H2,16,17,20). The summed E-state index contributed by atoms with van der Waals surface area (Å²) in [6, 6.07) is -0.225. The van der Waals surface area contributed by atoms with Crippen molar-refractivity contribution in [3.05, 3.63) is 0 Å². The van der Waals surface area contributed by atoms with Crippen LogP contribution in [0.4, 0.5) is 4.79 Å². The Morgan fingerprint density at radius 2 is 2.00 bits per heavy atom. The van der Waals surface area contributed by atoms with Crippen molar-refractivity contribution in [1.29, 1.82) is 0 Å². The Morgan fingerprint density at radius 1 is 1.29 bits per heavy atom. The van der Waals surface area contributed by atoms with Crippen molar-refractivity contribution >= 4 is 12.0 Å². The molecule has 2 rings (SSSR count). The molecule has 3 unspecified atom stereocenters. The summed E-state index contributed by atoms with van der Waals surface area (Å²) >= 11 is 0. The van der Waals surface area contributed by atoms with Crippen LogP contribution in [0.1, 0.15) is 39.5 Å². The van der Waals surface area contributed by atoms with Gasteiger partial charge in [0, 0.05) is 13.2 Å². The van der Waals surface area contributed by atoms with Gasteiger partial charge in [0.2, 0.25) is 0 Å². The molecule has 21 heavy (non-hydrogen) atoms. The zero-order valence-electron chi connectivity index (χ0n) is 12.8. The monoisotopic (exact) mass is 298 g/mol. The number of carbonyl (C=O) groups excluding carboxylic acids is 1. The van der Waals surface area contributed by atoms with Crippen molar-refractivity contribution in [3.8, 4) is 0 Å². The van der Waals surface area contributed by atoms with Gasteiger partial charge in [0.25, 0.3) is 0 Å². The fourth-order valence-electron chi connectivity index (χ4n) is 2.93. The van der Waals surface area contributed by atoms with E-state index in [0.717, 1.165) is 6.42 Å². The van der Waals surface area contributed by atoms with Crippen LogP contribution < -0.4 is 10.6 Å². The summed E-state index contributed by atoms with van der Waals surface area (Å²) in [6.45, 7) is 4.82. The van der Waals surface area contributed by atoms with Crippen LogP contribution in [-0.2, 0) is 9.53 Å². The summed E-state index contributed by atoms with van der Waals surface area (Å²) in [5.41, 5.74) is 0. The Morgan fingerprint density at radius 3 is 2.57 bits per heavy atom. The Bertz CT molecular complexity index is 382. The topological polar surface area (TPSA) is 87.7 Å². The molecule has 0 radical (unpaired) electrons. The highest BCUT2D eigenvalue weighted by molar-refractivity contribution is 5.76. The Hall–Kier alpha value is -1.30. The SMILES string of the molecule is CC(C)CC(CNC(=O)NC1CCOC1C1CC1)C(=O)O. The molecular formula is C15H26N2O4. The normalized spacial score (nSPS) is 26.6. The molecule has 2 aliphatic rings. The van der Waals surface area contributed by atoms with Gasteiger partial charge in [0.15, 0.2) is 0 Å². The van der Waals surface area contributed by atoms with E-state index >= 15 is 0 Å². The fraction of sp³-hybridized carbons (Fsp3) is 0.867. The minimum absolute atomic E-state index is 0.0610. The summed E-state index contributed by atoms with van der Waals surface area (Å²) in [6.07, 6.45) is 3.90. The molecule has 2 amide bonds.